The standard InChI is InChI=1S/C9H15NO4/c11-4-3-10-8(12)6-1-2-7(5-6)9(13)14/h6-7,11H,1-5H2,(H,10,12)(H,13,14)/t6-,7+/m1/s1. The molecule has 0 bridgehead atoms. The zero-order chi connectivity index (χ0) is 10.6. The first kappa shape index (κ1) is 11.0. The largest absolute Gasteiger partial charge is 0.481 e. The van der Waals surface area contributed by atoms with Gasteiger partial charge >= 0.3 is 5.97 Å². The highest BCUT2D eigenvalue weighted by Crippen LogP contribution is 2.30. The Morgan fingerprint density at radius 2 is 1.93 bits per heavy atom. The average molecular weight is 201 g/mol. The average Bonchev–Trinajstić information content (AvgIpc) is 2.62. The maximum Gasteiger partial charge on any atom is 0.306 e. The van der Waals surface area contributed by atoms with Crippen LogP contribution in [0.4, 0.5) is 0 Å². The van der Waals surface area contributed by atoms with Gasteiger partial charge in [0.05, 0.1) is 12.5 Å². The number of aliphatic hydroxyl groups excluding tert-OH is 1. The third-order valence-electron chi connectivity index (χ3n) is 2.56. The summed E-state index contributed by atoms with van der Waals surface area (Å²) in [6.45, 7) is 0.161. The van der Waals surface area contributed by atoms with E-state index in [1.807, 2.05) is 0 Å². The van der Waals surface area contributed by atoms with Crippen LogP contribution >= 0.6 is 0 Å². The SMILES string of the molecule is O=C(O)[C@H]1CC[C@@H](C(=O)NCCO)C1. The first-order chi connectivity index (χ1) is 6.65. The normalized spacial score (nSPS) is 26.1. The lowest BCUT2D eigenvalue weighted by Crippen LogP contribution is -2.31. The Kier molecular flexibility index (Phi) is 3.88. The molecule has 2 atom stereocenters. The smallest absolute Gasteiger partial charge is 0.306 e. The lowest BCUT2D eigenvalue weighted by molar-refractivity contribution is -0.141. The molecule has 0 aromatic carbocycles. The number of carbonyl (C=O) groups is 2. The molecule has 0 saturated heterocycles. The van der Waals surface area contributed by atoms with Crippen LogP contribution in [0, 0.1) is 11.8 Å². The second-order valence-corrected chi connectivity index (χ2v) is 3.56. The van der Waals surface area contributed by atoms with E-state index >= 15 is 0 Å². The molecular weight excluding hydrogens is 186 g/mol. The number of hydrogen-bond donors (Lipinski definition) is 3. The van der Waals surface area contributed by atoms with Crippen LogP contribution in [0.15, 0.2) is 0 Å². The molecular formula is C9H15NO4. The summed E-state index contributed by atoms with van der Waals surface area (Å²) in [6.07, 6.45) is 1.63. The number of carbonyl (C=O) groups excluding carboxylic acids is 1. The topological polar surface area (TPSA) is 86.6 Å². The summed E-state index contributed by atoms with van der Waals surface area (Å²) in [5.41, 5.74) is 0. The van der Waals surface area contributed by atoms with Gasteiger partial charge in [-0.25, -0.2) is 0 Å². The van der Waals surface area contributed by atoms with Crippen molar-refractivity contribution < 1.29 is 19.8 Å². The molecule has 3 N–H and O–H groups in total. The number of nitrogens with one attached hydrogen (secondary N) is 1. The van der Waals surface area contributed by atoms with E-state index in [0.717, 1.165) is 0 Å². The summed E-state index contributed by atoms with van der Waals surface area (Å²) in [4.78, 5) is 22.0. The summed E-state index contributed by atoms with van der Waals surface area (Å²) in [6, 6.07) is 0. The fourth-order valence-electron chi connectivity index (χ4n) is 1.77. The maximum absolute atomic E-state index is 11.4. The Bertz CT molecular complexity index is 229. The van der Waals surface area contributed by atoms with Crippen molar-refractivity contribution in [3.8, 4) is 0 Å². The van der Waals surface area contributed by atoms with Crippen LogP contribution < -0.4 is 5.32 Å². The van der Waals surface area contributed by atoms with Gasteiger partial charge in [0.2, 0.25) is 5.91 Å². The zero-order valence-electron chi connectivity index (χ0n) is 7.90. The molecule has 0 unspecified atom stereocenters. The van der Waals surface area contributed by atoms with Gasteiger partial charge in [0.1, 0.15) is 0 Å². The molecule has 1 amide bonds. The van der Waals surface area contributed by atoms with Gasteiger partial charge in [0.15, 0.2) is 0 Å². The summed E-state index contributed by atoms with van der Waals surface area (Å²) in [7, 11) is 0. The number of carboxylic acids is 1. The number of carboxylic acid groups (broad SMARTS) is 1. The summed E-state index contributed by atoms with van der Waals surface area (Å²) >= 11 is 0. The molecule has 0 heterocycles. The molecule has 0 aromatic rings. The minimum atomic E-state index is -0.817. The molecule has 1 aliphatic carbocycles. The van der Waals surface area contributed by atoms with E-state index in [2.05, 4.69) is 5.32 Å². The van der Waals surface area contributed by atoms with Gasteiger partial charge in [-0.05, 0) is 19.3 Å². The maximum atomic E-state index is 11.4. The van der Waals surface area contributed by atoms with Crippen molar-refractivity contribution in [1.29, 1.82) is 0 Å². The number of rotatable bonds is 4. The quantitative estimate of drug-likeness (QED) is 0.577. The van der Waals surface area contributed by atoms with Gasteiger partial charge < -0.3 is 15.5 Å². The number of amides is 1. The highest BCUT2D eigenvalue weighted by Gasteiger charge is 2.33. The molecule has 5 heteroatoms. The predicted molar refractivity (Wildman–Crippen MR) is 48.6 cm³/mol. The molecule has 0 aliphatic heterocycles. The highest BCUT2D eigenvalue weighted by molar-refractivity contribution is 5.80. The lowest BCUT2D eigenvalue weighted by Gasteiger charge is -2.09. The number of hydrogen-bond acceptors (Lipinski definition) is 3. The molecule has 14 heavy (non-hydrogen) atoms. The van der Waals surface area contributed by atoms with Gasteiger partial charge in [-0.1, -0.05) is 0 Å². The first-order valence-electron chi connectivity index (χ1n) is 4.76. The monoisotopic (exact) mass is 201 g/mol. The number of aliphatic hydroxyl groups is 1. The predicted octanol–water partition coefficient (Wildman–Crippen LogP) is -0.404. The minimum absolute atomic E-state index is 0.0825. The van der Waals surface area contributed by atoms with Gasteiger partial charge in [-0.15, -0.1) is 0 Å². The van der Waals surface area contributed by atoms with Crippen molar-refractivity contribution in [2.75, 3.05) is 13.2 Å². The highest BCUT2D eigenvalue weighted by atomic mass is 16.4. The van der Waals surface area contributed by atoms with Gasteiger partial charge in [-0.3, -0.25) is 9.59 Å². The van der Waals surface area contributed by atoms with Crippen molar-refractivity contribution >= 4 is 11.9 Å². The van der Waals surface area contributed by atoms with Crippen LogP contribution in [0.25, 0.3) is 0 Å². The van der Waals surface area contributed by atoms with Crippen LogP contribution in [0.1, 0.15) is 19.3 Å². The molecule has 5 nitrogen and oxygen atoms in total. The Morgan fingerprint density at radius 1 is 1.29 bits per heavy atom. The molecule has 1 aliphatic rings. The molecule has 0 spiro atoms. The molecule has 0 radical (unpaired) electrons. The first-order valence-corrected chi connectivity index (χ1v) is 4.76. The zero-order valence-corrected chi connectivity index (χ0v) is 7.90. The second-order valence-electron chi connectivity index (χ2n) is 3.56. The van der Waals surface area contributed by atoms with Crippen molar-refractivity contribution in [1.82, 2.24) is 5.32 Å². The molecule has 0 aromatic heterocycles. The van der Waals surface area contributed by atoms with Crippen LogP contribution in [0.2, 0.25) is 0 Å². The Hall–Kier alpha value is -1.10. The molecule has 80 valence electrons. The summed E-state index contributed by atoms with van der Waals surface area (Å²) in [5.74, 6) is -1.52. The molecule has 1 saturated carbocycles. The van der Waals surface area contributed by atoms with Crippen molar-refractivity contribution in [2.45, 2.75) is 19.3 Å². The van der Waals surface area contributed by atoms with E-state index in [0.29, 0.717) is 19.3 Å². The van der Waals surface area contributed by atoms with E-state index in [1.54, 1.807) is 0 Å². The van der Waals surface area contributed by atoms with Crippen molar-refractivity contribution in [3.05, 3.63) is 0 Å². The third kappa shape index (κ3) is 2.70. The summed E-state index contributed by atoms with van der Waals surface area (Å²) < 4.78 is 0. The third-order valence-corrected chi connectivity index (χ3v) is 2.56. The van der Waals surface area contributed by atoms with E-state index in [-0.39, 0.29) is 30.9 Å². The fourth-order valence-corrected chi connectivity index (χ4v) is 1.77. The van der Waals surface area contributed by atoms with Crippen LogP contribution in [0.3, 0.4) is 0 Å². The van der Waals surface area contributed by atoms with E-state index < -0.39 is 5.97 Å². The van der Waals surface area contributed by atoms with Gasteiger partial charge in [-0.2, -0.15) is 0 Å². The fraction of sp³-hybridized carbons (Fsp3) is 0.778. The van der Waals surface area contributed by atoms with Gasteiger partial charge in [0.25, 0.3) is 0 Å². The molecule has 1 fully saturated rings. The Labute approximate surface area is 82.1 Å². The van der Waals surface area contributed by atoms with Crippen molar-refractivity contribution in [2.24, 2.45) is 11.8 Å². The molecule has 1 rings (SSSR count). The summed E-state index contributed by atoms with van der Waals surface area (Å²) in [5, 5.41) is 19.8. The van der Waals surface area contributed by atoms with Gasteiger partial charge in [0, 0.05) is 12.5 Å². The lowest BCUT2D eigenvalue weighted by atomic mass is 10.0. The van der Waals surface area contributed by atoms with E-state index in [1.165, 1.54) is 0 Å². The van der Waals surface area contributed by atoms with Crippen LogP contribution in [-0.4, -0.2) is 35.2 Å². The minimum Gasteiger partial charge on any atom is -0.481 e. The second kappa shape index (κ2) is 4.95. The van der Waals surface area contributed by atoms with Crippen LogP contribution in [-0.2, 0) is 9.59 Å². The number of aliphatic carboxylic acids is 1. The Morgan fingerprint density at radius 3 is 2.43 bits per heavy atom. The van der Waals surface area contributed by atoms with Crippen molar-refractivity contribution in [3.63, 3.8) is 0 Å². The van der Waals surface area contributed by atoms with Crippen LogP contribution in [0.5, 0.6) is 0 Å². The van der Waals surface area contributed by atoms with E-state index in [4.69, 9.17) is 10.2 Å². The Balaban J connectivity index is 2.34. The van der Waals surface area contributed by atoms with E-state index in [9.17, 15) is 9.59 Å².